The van der Waals surface area contributed by atoms with Crippen LogP contribution in [-0.2, 0) is 0 Å². The highest BCUT2D eigenvalue weighted by molar-refractivity contribution is 4.42. The highest BCUT2D eigenvalue weighted by Crippen LogP contribution is 1.76. The number of hydrogen-bond acceptors (Lipinski definition) is 4. The standard InChI is InChI=1S/2C5H14N2/c1-7(2)5-3-4-6;1-4-5-6-7(2)3/h3-6H2,1-2H3;6H,4-5H2,1-3H3. The molecule has 0 saturated carbocycles. The van der Waals surface area contributed by atoms with Gasteiger partial charge in [0.05, 0.1) is 0 Å². The van der Waals surface area contributed by atoms with Gasteiger partial charge in [-0.2, -0.15) is 0 Å². The van der Waals surface area contributed by atoms with Crippen LogP contribution in [0.25, 0.3) is 0 Å². The summed E-state index contributed by atoms with van der Waals surface area (Å²) >= 11 is 0. The van der Waals surface area contributed by atoms with Crippen LogP contribution in [-0.4, -0.2) is 57.7 Å². The second-order valence-electron chi connectivity index (χ2n) is 3.75. The first-order valence-electron chi connectivity index (χ1n) is 5.30. The number of hydrazine groups is 1. The van der Waals surface area contributed by atoms with Gasteiger partial charge in [-0.05, 0) is 40.0 Å². The van der Waals surface area contributed by atoms with Crippen LogP contribution in [0.1, 0.15) is 19.8 Å². The largest absolute Gasteiger partial charge is 0.330 e. The van der Waals surface area contributed by atoms with Crippen molar-refractivity contribution in [2.24, 2.45) is 5.73 Å². The lowest BCUT2D eigenvalue weighted by Crippen LogP contribution is -2.30. The molecule has 0 radical (unpaired) electrons. The van der Waals surface area contributed by atoms with Gasteiger partial charge in [-0.1, -0.05) is 6.92 Å². The average molecular weight is 204 g/mol. The van der Waals surface area contributed by atoms with Crippen molar-refractivity contribution in [1.29, 1.82) is 0 Å². The molecule has 0 aromatic carbocycles. The van der Waals surface area contributed by atoms with Gasteiger partial charge >= 0.3 is 0 Å². The molecule has 0 heterocycles. The Labute approximate surface area is 89.4 Å². The second-order valence-corrected chi connectivity index (χ2v) is 3.75. The molecule has 0 fully saturated rings. The number of nitrogens with zero attached hydrogens (tertiary/aromatic N) is 2. The van der Waals surface area contributed by atoms with Crippen molar-refractivity contribution < 1.29 is 0 Å². The molecule has 14 heavy (non-hydrogen) atoms. The Morgan fingerprint density at radius 1 is 1.14 bits per heavy atom. The molecule has 0 bridgehead atoms. The summed E-state index contributed by atoms with van der Waals surface area (Å²) in [4.78, 5) is 2.13. The summed E-state index contributed by atoms with van der Waals surface area (Å²) in [5.74, 6) is 0. The van der Waals surface area contributed by atoms with E-state index in [0.717, 1.165) is 26.1 Å². The molecule has 0 saturated heterocycles. The molecule has 4 nitrogen and oxygen atoms in total. The van der Waals surface area contributed by atoms with E-state index < -0.39 is 0 Å². The monoisotopic (exact) mass is 204 g/mol. The lowest BCUT2D eigenvalue weighted by atomic mass is 10.4. The summed E-state index contributed by atoms with van der Waals surface area (Å²) < 4.78 is 0. The summed E-state index contributed by atoms with van der Waals surface area (Å²) in [6.45, 7) is 5.14. The number of nitrogens with one attached hydrogen (secondary N) is 1. The fraction of sp³-hybridized carbons (Fsp3) is 1.00. The fourth-order valence-electron chi connectivity index (χ4n) is 0.743. The van der Waals surface area contributed by atoms with E-state index >= 15 is 0 Å². The highest BCUT2D eigenvalue weighted by Gasteiger charge is 1.83. The fourth-order valence-corrected chi connectivity index (χ4v) is 0.743. The molecule has 0 spiro atoms. The normalized spacial score (nSPS) is 10.3. The van der Waals surface area contributed by atoms with Crippen molar-refractivity contribution in [3.63, 3.8) is 0 Å². The number of hydrogen-bond donors (Lipinski definition) is 2. The molecule has 4 heteroatoms. The van der Waals surface area contributed by atoms with Crippen LogP contribution in [0.4, 0.5) is 0 Å². The van der Waals surface area contributed by atoms with Crippen LogP contribution >= 0.6 is 0 Å². The molecule has 0 unspecified atom stereocenters. The van der Waals surface area contributed by atoms with E-state index in [0.29, 0.717) is 0 Å². The third-order valence-electron chi connectivity index (χ3n) is 1.49. The van der Waals surface area contributed by atoms with Gasteiger partial charge in [-0.15, -0.1) is 0 Å². The molecule has 0 amide bonds. The molecule has 0 aliphatic carbocycles. The van der Waals surface area contributed by atoms with Crippen LogP contribution in [0, 0.1) is 0 Å². The molecule has 88 valence electrons. The minimum absolute atomic E-state index is 0.804. The van der Waals surface area contributed by atoms with E-state index in [-0.39, 0.29) is 0 Å². The quantitative estimate of drug-likeness (QED) is 0.613. The molecule has 0 aliphatic rings. The van der Waals surface area contributed by atoms with E-state index in [2.05, 4.69) is 31.3 Å². The minimum Gasteiger partial charge on any atom is -0.330 e. The summed E-state index contributed by atoms with van der Waals surface area (Å²) in [7, 11) is 8.09. The van der Waals surface area contributed by atoms with Crippen LogP contribution < -0.4 is 11.2 Å². The van der Waals surface area contributed by atoms with Gasteiger partial charge in [0, 0.05) is 20.6 Å². The Morgan fingerprint density at radius 2 is 1.71 bits per heavy atom. The van der Waals surface area contributed by atoms with Crippen LogP contribution in [0.5, 0.6) is 0 Å². The molecule has 0 rings (SSSR count). The van der Waals surface area contributed by atoms with E-state index in [1.165, 1.54) is 6.42 Å². The predicted molar refractivity (Wildman–Crippen MR) is 64.2 cm³/mol. The first-order chi connectivity index (χ1) is 6.54. The Hall–Kier alpha value is -0.160. The minimum atomic E-state index is 0.804. The third kappa shape index (κ3) is 22.6. The van der Waals surface area contributed by atoms with E-state index in [1.54, 1.807) is 0 Å². The molecule has 0 aromatic rings. The Balaban J connectivity index is 0. The zero-order valence-corrected chi connectivity index (χ0v) is 10.5. The maximum atomic E-state index is 5.25. The lowest BCUT2D eigenvalue weighted by molar-refractivity contribution is 0.291. The van der Waals surface area contributed by atoms with Crippen molar-refractivity contribution in [2.75, 3.05) is 47.8 Å². The lowest BCUT2D eigenvalue weighted by Gasteiger charge is -2.08. The van der Waals surface area contributed by atoms with Crippen molar-refractivity contribution in [1.82, 2.24) is 15.3 Å². The molecule has 3 N–H and O–H groups in total. The zero-order chi connectivity index (χ0) is 11.4. The molecule has 0 atom stereocenters. The van der Waals surface area contributed by atoms with Gasteiger partial charge in [-0.3, -0.25) is 10.4 Å². The average Bonchev–Trinajstić information content (AvgIpc) is 2.12. The van der Waals surface area contributed by atoms with Crippen molar-refractivity contribution in [3.05, 3.63) is 0 Å². The topological polar surface area (TPSA) is 44.5 Å². The molecule has 0 aliphatic heterocycles. The van der Waals surface area contributed by atoms with Crippen molar-refractivity contribution in [2.45, 2.75) is 19.8 Å². The molecular weight excluding hydrogens is 176 g/mol. The number of rotatable bonds is 6. The van der Waals surface area contributed by atoms with E-state index in [9.17, 15) is 0 Å². The number of nitrogens with two attached hydrogens (primary N) is 1. The van der Waals surface area contributed by atoms with E-state index in [1.807, 2.05) is 19.1 Å². The van der Waals surface area contributed by atoms with Crippen LogP contribution in [0.2, 0.25) is 0 Å². The predicted octanol–water partition coefficient (Wildman–Crippen LogP) is 0.359. The summed E-state index contributed by atoms with van der Waals surface area (Å²) in [6.07, 6.45) is 2.30. The van der Waals surface area contributed by atoms with Gasteiger partial charge in [0.15, 0.2) is 0 Å². The van der Waals surface area contributed by atoms with Crippen molar-refractivity contribution in [3.8, 4) is 0 Å². The van der Waals surface area contributed by atoms with Crippen molar-refractivity contribution >= 4 is 0 Å². The SMILES string of the molecule is CCCNN(C)C.CN(C)CCCN. The summed E-state index contributed by atoms with van der Waals surface area (Å²) in [6, 6.07) is 0. The third-order valence-corrected chi connectivity index (χ3v) is 1.49. The van der Waals surface area contributed by atoms with Gasteiger partial charge in [0.2, 0.25) is 0 Å². The maximum absolute atomic E-state index is 5.25. The molecular formula is C10H28N4. The highest BCUT2D eigenvalue weighted by atomic mass is 15.5. The summed E-state index contributed by atoms with van der Waals surface area (Å²) in [5, 5.41) is 1.96. The first kappa shape index (κ1) is 16.3. The summed E-state index contributed by atoms with van der Waals surface area (Å²) in [5.41, 5.74) is 8.38. The Morgan fingerprint density at radius 3 is 1.86 bits per heavy atom. The molecule has 0 aromatic heterocycles. The van der Waals surface area contributed by atoms with Gasteiger partial charge in [-0.25, -0.2) is 0 Å². The van der Waals surface area contributed by atoms with Crippen LogP contribution in [0.15, 0.2) is 0 Å². The first-order valence-corrected chi connectivity index (χ1v) is 5.30. The maximum Gasteiger partial charge on any atom is 0.00993 e. The Bertz CT molecular complexity index is 82.1. The van der Waals surface area contributed by atoms with Gasteiger partial charge < -0.3 is 10.6 Å². The van der Waals surface area contributed by atoms with E-state index in [4.69, 9.17) is 5.73 Å². The Kier molecular flexibility index (Phi) is 14.9. The van der Waals surface area contributed by atoms with Gasteiger partial charge in [0.1, 0.15) is 0 Å². The zero-order valence-electron chi connectivity index (χ0n) is 10.5. The smallest absolute Gasteiger partial charge is 0.00993 e. The van der Waals surface area contributed by atoms with Gasteiger partial charge in [0.25, 0.3) is 0 Å². The second kappa shape index (κ2) is 12.8. The van der Waals surface area contributed by atoms with Crippen LogP contribution in [0.3, 0.4) is 0 Å².